The van der Waals surface area contributed by atoms with E-state index in [9.17, 15) is 0 Å². The van der Waals surface area contributed by atoms with Gasteiger partial charge in [0.25, 0.3) is 0 Å². The molecule has 0 fully saturated rings. The number of benzene rings is 1. The zero-order valence-electron chi connectivity index (χ0n) is 7.96. The fourth-order valence-electron chi connectivity index (χ4n) is 1.29. The average molecular weight is 259 g/mol. The maximum atomic E-state index is 5.98. The lowest BCUT2D eigenvalue weighted by Crippen LogP contribution is -1.83. The highest BCUT2D eigenvalue weighted by Gasteiger charge is 2.05. The van der Waals surface area contributed by atoms with Gasteiger partial charge in [-0.1, -0.05) is 23.2 Å². The van der Waals surface area contributed by atoms with Crippen LogP contribution in [0.2, 0.25) is 9.36 Å². The van der Waals surface area contributed by atoms with E-state index in [1.807, 2.05) is 24.3 Å². The van der Waals surface area contributed by atoms with E-state index < -0.39 is 0 Å². The van der Waals surface area contributed by atoms with E-state index in [0.29, 0.717) is 5.02 Å². The zero-order valence-corrected chi connectivity index (χ0v) is 10.3. The molecule has 78 valence electrons. The molecule has 0 unspecified atom stereocenters. The molecule has 0 atom stereocenters. The molecule has 0 aliphatic carbocycles. The summed E-state index contributed by atoms with van der Waals surface area (Å²) >= 11 is 13.4. The van der Waals surface area contributed by atoms with Gasteiger partial charge in [0, 0.05) is 9.90 Å². The SMILES string of the molecule is COc1cc(Cl)cc(-c2ccc(Cl)s2)c1. The summed E-state index contributed by atoms with van der Waals surface area (Å²) in [7, 11) is 1.62. The quantitative estimate of drug-likeness (QED) is 0.757. The second-order valence-corrected chi connectivity index (χ2v) is 5.14. The third-order valence-corrected chi connectivity index (χ3v) is 3.46. The van der Waals surface area contributed by atoms with Gasteiger partial charge in [-0.25, -0.2) is 0 Å². The molecule has 1 nitrogen and oxygen atoms in total. The molecule has 1 heterocycles. The lowest BCUT2D eigenvalue weighted by molar-refractivity contribution is 0.415. The molecule has 0 amide bonds. The smallest absolute Gasteiger partial charge is 0.120 e. The monoisotopic (exact) mass is 258 g/mol. The topological polar surface area (TPSA) is 9.23 Å². The molecule has 4 heteroatoms. The molecule has 15 heavy (non-hydrogen) atoms. The van der Waals surface area contributed by atoms with Gasteiger partial charge in [0.15, 0.2) is 0 Å². The summed E-state index contributed by atoms with van der Waals surface area (Å²) in [6, 6.07) is 9.45. The highest BCUT2D eigenvalue weighted by atomic mass is 35.5. The lowest BCUT2D eigenvalue weighted by Gasteiger charge is -2.03. The Balaban J connectivity index is 2.48. The molecule has 0 saturated carbocycles. The van der Waals surface area contributed by atoms with Gasteiger partial charge in [-0.15, -0.1) is 11.3 Å². The van der Waals surface area contributed by atoms with Crippen LogP contribution < -0.4 is 4.74 Å². The molecule has 0 spiro atoms. The highest BCUT2D eigenvalue weighted by Crippen LogP contribution is 2.34. The maximum absolute atomic E-state index is 5.98. The summed E-state index contributed by atoms with van der Waals surface area (Å²) in [6.45, 7) is 0. The van der Waals surface area contributed by atoms with Crippen LogP contribution in [-0.2, 0) is 0 Å². The molecule has 0 bridgehead atoms. The van der Waals surface area contributed by atoms with Crippen molar-refractivity contribution in [2.24, 2.45) is 0 Å². The number of rotatable bonds is 2. The van der Waals surface area contributed by atoms with Crippen molar-refractivity contribution in [2.75, 3.05) is 7.11 Å². The lowest BCUT2D eigenvalue weighted by atomic mass is 10.2. The normalized spacial score (nSPS) is 10.3. The molecule has 1 aromatic carbocycles. The molecule has 2 aromatic rings. The summed E-state index contributed by atoms with van der Waals surface area (Å²) in [5.74, 6) is 0.752. The minimum atomic E-state index is 0.661. The van der Waals surface area contributed by atoms with Gasteiger partial charge in [0.1, 0.15) is 5.75 Å². The van der Waals surface area contributed by atoms with Crippen LogP contribution >= 0.6 is 34.5 Å². The standard InChI is InChI=1S/C11H8Cl2OS/c1-14-9-5-7(4-8(12)6-9)10-2-3-11(13)15-10/h2-6H,1H3. The van der Waals surface area contributed by atoms with Crippen molar-refractivity contribution in [1.29, 1.82) is 0 Å². The molecule has 0 aliphatic rings. The minimum Gasteiger partial charge on any atom is -0.497 e. The van der Waals surface area contributed by atoms with Crippen LogP contribution in [-0.4, -0.2) is 7.11 Å². The Morgan fingerprint density at radius 1 is 1.13 bits per heavy atom. The van der Waals surface area contributed by atoms with Crippen molar-refractivity contribution in [3.05, 3.63) is 39.7 Å². The van der Waals surface area contributed by atoms with E-state index in [2.05, 4.69) is 0 Å². The fourth-order valence-corrected chi connectivity index (χ4v) is 2.55. The van der Waals surface area contributed by atoms with E-state index in [1.165, 1.54) is 11.3 Å². The molecule has 0 saturated heterocycles. The van der Waals surface area contributed by atoms with Crippen molar-refractivity contribution < 1.29 is 4.74 Å². The van der Waals surface area contributed by atoms with E-state index >= 15 is 0 Å². The number of hydrogen-bond acceptors (Lipinski definition) is 2. The Hall–Kier alpha value is -0.700. The molecule has 0 radical (unpaired) electrons. The van der Waals surface area contributed by atoms with Crippen LogP contribution in [0, 0.1) is 0 Å². The van der Waals surface area contributed by atoms with E-state index in [4.69, 9.17) is 27.9 Å². The highest BCUT2D eigenvalue weighted by molar-refractivity contribution is 7.19. The first-order valence-electron chi connectivity index (χ1n) is 4.29. The van der Waals surface area contributed by atoms with E-state index in [0.717, 1.165) is 20.5 Å². The second-order valence-electron chi connectivity index (χ2n) is 2.98. The molecule has 0 N–H and O–H groups in total. The van der Waals surface area contributed by atoms with Crippen molar-refractivity contribution in [3.63, 3.8) is 0 Å². The summed E-state index contributed by atoms with van der Waals surface area (Å²) in [5, 5.41) is 0.661. The van der Waals surface area contributed by atoms with E-state index in [1.54, 1.807) is 13.2 Å². The largest absolute Gasteiger partial charge is 0.497 e. The maximum Gasteiger partial charge on any atom is 0.120 e. The van der Waals surface area contributed by atoms with Crippen LogP contribution in [0.3, 0.4) is 0 Å². The fraction of sp³-hybridized carbons (Fsp3) is 0.0909. The molecule has 0 aliphatic heterocycles. The first kappa shape index (κ1) is 10.8. The molecule has 2 rings (SSSR count). The first-order valence-corrected chi connectivity index (χ1v) is 5.86. The van der Waals surface area contributed by atoms with Crippen LogP contribution in [0.1, 0.15) is 0 Å². The van der Waals surface area contributed by atoms with Crippen LogP contribution in [0.15, 0.2) is 30.3 Å². The Morgan fingerprint density at radius 2 is 1.93 bits per heavy atom. The number of methoxy groups -OCH3 is 1. The van der Waals surface area contributed by atoms with Gasteiger partial charge in [-0.05, 0) is 35.9 Å². The second kappa shape index (κ2) is 4.44. The third kappa shape index (κ3) is 2.46. The van der Waals surface area contributed by atoms with Crippen LogP contribution in [0.5, 0.6) is 5.75 Å². The predicted molar refractivity (Wildman–Crippen MR) is 66.3 cm³/mol. The summed E-state index contributed by atoms with van der Waals surface area (Å²) < 4.78 is 5.92. The molecular weight excluding hydrogens is 251 g/mol. The van der Waals surface area contributed by atoms with Gasteiger partial charge >= 0.3 is 0 Å². The first-order chi connectivity index (χ1) is 7.19. The Bertz CT molecular complexity index is 479. The average Bonchev–Trinajstić information content (AvgIpc) is 2.64. The summed E-state index contributed by atoms with van der Waals surface area (Å²) in [5.41, 5.74) is 1.02. The van der Waals surface area contributed by atoms with Gasteiger partial charge in [-0.3, -0.25) is 0 Å². The van der Waals surface area contributed by atoms with Crippen LogP contribution in [0.25, 0.3) is 10.4 Å². The number of halogens is 2. The number of ether oxygens (including phenoxy) is 1. The van der Waals surface area contributed by atoms with Gasteiger partial charge < -0.3 is 4.74 Å². The summed E-state index contributed by atoms with van der Waals surface area (Å²) in [4.78, 5) is 1.08. The Morgan fingerprint density at radius 3 is 2.53 bits per heavy atom. The number of thiophene rings is 1. The van der Waals surface area contributed by atoms with Crippen LogP contribution in [0.4, 0.5) is 0 Å². The number of hydrogen-bond donors (Lipinski definition) is 0. The Labute approximate surface area is 102 Å². The van der Waals surface area contributed by atoms with Crippen molar-refractivity contribution in [3.8, 4) is 16.2 Å². The van der Waals surface area contributed by atoms with Gasteiger partial charge in [0.2, 0.25) is 0 Å². The molecule has 1 aromatic heterocycles. The predicted octanol–water partition coefficient (Wildman–Crippen LogP) is 4.73. The third-order valence-electron chi connectivity index (χ3n) is 1.96. The summed E-state index contributed by atoms with van der Waals surface area (Å²) in [6.07, 6.45) is 0. The van der Waals surface area contributed by atoms with Crippen molar-refractivity contribution in [1.82, 2.24) is 0 Å². The molecular formula is C11H8Cl2OS. The van der Waals surface area contributed by atoms with Crippen molar-refractivity contribution in [2.45, 2.75) is 0 Å². The van der Waals surface area contributed by atoms with Gasteiger partial charge in [-0.2, -0.15) is 0 Å². The van der Waals surface area contributed by atoms with Gasteiger partial charge in [0.05, 0.1) is 11.4 Å². The van der Waals surface area contributed by atoms with E-state index in [-0.39, 0.29) is 0 Å². The zero-order chi connectivity index (χ0) is 10.8. The minimum absolute atomic E-state index is 0.661. The van der Waals surface area contributed by atoms with Crippen molar-refractivity contribution >= 4 is 34.5 Å². The Kier molecular flexibility index (Phi) is 3.19.